The van der Waals surface area contributed by atoms with E-state index in [-0.39, 0.29) is 17.5 Å². The molecular weight excluding hydrogens is 292 g/mol. The number of likely N-dealkylation sites (N-methyl/N-ethyl adjacent to an activating group) is 1. The van der Waals surface area contributed by atoms with Crippen LogP contribution in [0.4, 0.5) is 4.79 Å². The van der Waals surface area contributed by atoms with Crippen LogP contribution in [0.15, 0.2) is 12.2 Å². The van der Waals surface area contributed by atoms with Crippen LogP contribution in [0, 0.1) is 5.41 Å². The van der Waals surface area contributed by atoms with Crippen molar-refractivity contribution in [3.8, 4) is 0 Å². The first-order valence-corrected chi connectivity index (χ1v) is 8.05. The number of hydrogen-bond acceptors (Lipinski definition) is 3. The first kappa shape index (κ1) is 19.5. The number of rotatable bonds is 2. The van der Waals surface area contributed by atoms with Gasteiger partial charge in [0.15, 0.2) is 0 Å². The Hall–Kier alpha value is -1.52. The predicted octanol–water partition coefficient (Wildman–Crippen LogP) is 3.79. The summed E-state index contributed by atoms with van der Waals surface area (Å²) in [6, 6.07) is 0. The molecule has 0 aliphatic carbocycles. The van der Waals surface area contributed by atoms with Gasteiger partial charge in [0.25, 0.3) is 0 Å². The zero-order chi connectivity index (χ0) is 18.4. The van der Waals surface area contributed by atoms with Crippen LogP contribution in [0.3, 0.4) is 0 Å². The fourth-order valence-electron chi connectivity index (χ4n) is 3.37. The van der Waals surface area contributed by atoms with Gasteiger partial charge in [0.05, 0.1) is 0 Å². The Morgan fingerprint density at radius 2 is 1.74 bits per heavy atom. The highest BCUT2D eigenvalue weighted by atomic mass is 16.6. The Morgan fingerprint density at radius 1 is 1.26 bits per heavy atom. The second-order valence-corrected chi connectivity index (χ2v) is 8.91. The molecule has 1 saturated heterocycles. The molecule has 0 aromatic rings. The highest BCUT2D eigenvalue weighted by Gasteiger charge is 2.59. The maximum Gasteiger partial charge on any atom is 0.412 e. The smallest absolute Gasteiger partial charge is 0.412 e. The highest BCUT2D eigenvalue weighted by molar-refractivity contribution is 5.93. The average molecular weight is 324 g/mol. The third-order valence-corrected chi connectivity index (χ3v) is 3.93. The predicted molar refractivity (Wildman–Crippen MR) is 91.9 cm³/mol. The summed E-state index contributed by atoms with van der Waals surface area (Å²) in [5.74, 6) is -0.0775. The van der Waals surface area contributed by atoms with Crippen LogP contribution in [0.1, 0.15) is 61.8 Å². The van der Waals surface area contributed by atoms with E-state index in [9.17, 15) is 9.59 Å². The normalized spacial score (nSPS) is 25.8. The van der Waals surface area contributed by atoms with E-state index < -0.39 is 17.2 Å². The molecule has 1 heterocycles. The molecule has 2 amide bonds. The zero-order valence-corrected chi connectivity index (χ0v) is 16.1. The van der Waals surface area contributed by atoms with E-state index in [4.69, 9.17) is 4.74 Å². The van der Waals surface area contributed by atoms with Gasteiger partial charge in [0, 0.05) is 18.9 Å². The molecule has 0 aromatic heterocycles. The van der Waals surface area contributed by atoms with Crippen molar-refractivity contribution in [2.75, 3.05) is 7.05 Å². The number of carbonyl (C=O) groups is 2. The summed E-state index contributed by atoms with van der Waals surface area (Å²) >= 11 is 0. The van der Waals surface area contributed by atoms with Crippen LogP contribution < -0.4 is 0 Å². The molecule has 1 rings (SSSR count). The van der Waals surface area contributed by atoms with E-state index in [0.29, 0.717) is 6.42 Å². The molecule has 0 bridgehead atoms. The number of hydrogen-bond donors (Lipinski definition) is 0. The Morgan fingerprint density at radius 3 is 2.09 bits per heavy atom. The van der Waals surface area contributed by atoms with Gasteiger partial charge in [-0.25, -0.2) is 4.79 Å². The van der Waals surface area contributed by atoms with Crippen molar-refractivity contribution in [2.45, 2.75) is 79.1 Å². The fraction of sp³-hybridized carbons (Fsp3) is 0.778. The van der Waals surface area contributed by atoms with Gasteiger partial charge in [0.1, 0.15) is 17.3 Å². The van der Waals surface area contributed by atoms with Crippen LogP contribution in [-0.4, -0.2) is 46.2 Å². The summed E-state index contributed by atoms with van der Waals surface area (Å²) in [6.45, 7) is 19.1. The van der Waals surface area contributed by atoms with Crippen molar-refractivity contribution in [1.29, 1.82) is 0 Å². The molecular formula is C18H32N2O3. The van der Waals surface area contributed by atoms with Gasteiger partial charge in [0.2, 0.25) is 5.91 Å². The molecule has 1 fully saturated rings. The number of carbonyl (C=O) groups excluding carboxylic acids is 2. The number of ether oxygens (including phenoxy) is 1. The van der Waals surface area contributed by atoms with E-state index >= 15 is 0 Å². The van der Waals surface area contributed by atoms with Crippen LogP contribution in [0.25, 0.3) is 0 Å². The van der Waals surface area contributed by atoms with Gasteiger partial charge < -0.3 is 9.64 Å². The van der Waals surface area contributed by atoms with Crippen molar-refractivity contribution in [3.63, 3.8) is 0 Å². The molecule has 132 valence electrons. The first-order valence-electron chi connectivity index (χ1n) is 8.05. The first-order chi connectivity index (χ1) is 10.1. The SMILES string of the molecule is C=C(C)C[C@@]1(C)C(=O)N(C)[C@H](C(C)(C)C)N1C(=O)OC(C)(C)C. The Kier molecular flexibility index (Phi) is 4.96. The Bertz CT molecular complexity index is 513. The van der Waals surface area contributed by atoms with Crippen molar-refractivity contribution in [2.24, 2.45) is 5.41 Å². The number of nitrogens with zero attached hydrogens (tertiary/aromatic N) is 2. The minimum atomic E-state index is -0.971. The molecule has 0 unspecified atom stereocenters. The van der Waals surface area contributed by atoms with Gasteiger partial charge in [-0.1, -0.05) is 26.3 Å². The van der Waals surface area contributed by atoms with Gasteiger partial charge in [-0.15, -0.1) is 6.58 Å². The minimum absolute atomic E-state index is 0.0775. The minimum Gasteiger partial charge on any atom is -0.444 e. The molecule has 1 aliphatic rings. The topological polar surface area (TPSA) is 49.9 Å². The van der Waals surface area contributed by atoms with Crippen LogP contribution in [0.2, 0.25) is 0 Å². The summed E-state index contributed by atoms with van der Waals surface area (Å²) in [5, 5.41) is 0. The van der Waals surface area contributed by atoms with Crippen LogP contribution in [0.5, 0.6) is 0 Å². The quantitative estimate of drug-likeness (QED) is 0.726. The van der Waals surface area contributed by atoms with E-state index in [1.54, 1.807) is 23.8 Å². The second-order valence-electron chi connectivity index (χ2n) is 8.91. The Balaban J connectivity index is 3.41. The van der Waals surface area contributed by atoms with Crippen molar-refractivity contribution < 1.29 is 14.3 Å². The molecule has 23 heavy (non-hydrogen) atoms. The van der Waals surface area contributed by atoms with E-state index in [0.717, 1.165) is 5.57 Å². The zero-order valence-electron chi connectivity index (χ0n) is 16.1. The monoisotopic (exact) mass is 324 g/mol. The molecule has 1 aliphatic heterocycles. The van der Waals surface area contributed by atoms with E-state index in [2.05, 4.69) is 6.58 Å². The van der Waals surface area contributed by atoms with E-state index in [1.165, 1.54) is 0 Å². The summed E-state index contributed by atoms with van der Waals surface area (Å²) in [6.07, 6.45) is -0.407. The van der Waals surface area contributed by atoms with Crippen molar-refractivity contribution in [3.05, 3.63) is 12.2 Å². The fourth-order valence-corrected chi connectivity index (χ4v) is 3.37. The van der Waals surface area contributed by atoms with Crippen LogP contribution in [-0.2, 0) is 9.53 Å². The molecule has 5 nitrogen and oxygen atoms in total. The standard InChI is InChI=1S/C18H32N2O3/c1-12(2)11-18(9)14(21)19(10)13(16(3,4)5)20(18)15(22)23-17(6,7)8/h13H,1,11H2,2-10H3/t13-,18-/m0/s1. The number of amides is 2. The van der Waals surface area contributed by atoms with Gasteiger partial charge in [-0.3, -0.25) is 9.69 Å². The third kappa shape index (κ3) is 3.88. The summed E-state index contributed by atoms with van der Waals surface area (Å²) in [7, 11) is 1.75. The molecule has 2 atom stereocenters. The Labute approximate surface area is 140 Å². The lowest BCUT2D eigenvalue weighted by molar-refractivity contribution is -0.132. The lowest BCUT2D eigenvalue weighted by Gasteiger charge is -2.42. The molecule has 0 aromatic carbocycles. The summed E-state index contributed by atoms with van der Waals surface area (Å²) < 4.78 is 5.60. The van der Waals surface area contributed by atoms with Crippen molar-refractivity contribution in [1.82, 2.24) is 9.80 Å². The van der Waals surface area contributed by atoms with E-state index in [1.807, 2.05) is 48.5 Å². The maximum absolute atomic E-state index is 12.9. The molecule has 0 N–H and O–H groups in total. The molecule has 5 heteroatoms. The van der Waals surface area contributed by atoms with Gasteiger partial charge in [-0.2, -0.15) is 0 Å². The second kappa shape index (κ2) is 5.84. The summed E-state index contributed by atoms with van der Waals surface area (Å²) in [5.41, 5.74) is -1.03. The molecule has 0 radical (unpaired) electrons. The summed E-state index contributed by atoms with van der Waals surface area (Å²) in [4.78, 5) is 29.1. The highest BCUT2D eigenvalue weighted by Crippen LogP contribution is 2.42. The van der Waals surface area contributed by atoms with Gasteiger partial charge >= 0.3 is 6.09 Å². The lowest BCUT2D eigenvalue weighted by atomic mass is 9.88. The van der Waals surface area contributed by atoms with Gasteiger partial charge in [-0.05, 0) is 34.6 Å². The largest absolute Gasteiger partial charge is 0.444 e. The molecule has 0 saturated carbocycles. The maximum atomic E-state index is 12.9. The van der Waals surface area contributed by atoms with Crippen molar-refractivity contribution >= 4 is 12.0 Å². The molecule has 0 spiro atoms. The van der Waals surface area contributed by atoms with Crippen LogP contribution >= 0.6 is 0 Å². The average Bonchev–Trinajstić information content (AvgIpc) is 2.46. The third-order valence-electron chi connectivity index (χ3n) is 3.93. The lowest BCUT2D eigenvalue weighted by Crippen LogP contribution is -2.56.